The maximum atomic E-state index is 13.8. The molecule has 0 radical (unpaired) electrons. The summed E-state index contributed by atoms with van der Waals surface area (Å²) in [4.78, 5) is 40.2. The zero-order valence-corrected chi connectivity index (χ0v) is 23.8. The molecule has 0 aliphatic carbocycles. The van der Waals surface area contributed by atoms with Crippen LogP contribution < -0.4 is 10.1 Å². The van der Waals surface area contributed by atoms with Crippen molar-refractivity contribution in [3.8, 4) is 11.4 Å². The van der Waals surface area contributed by atoms with Gasteiger partial charge in [-0.1, -0.05) is 17.7 Å². The number of aromatic carboxylic acids is 1. The Kier molecular flexibility index (Phi) is 9.08. The molecular weight excluding hydrogens is 576 g/mol. The van der Waals surface area contributed by atoms with Gasteiger partial charge in [-0.25, -0.2) is 4.79 Å². The molecule has 4 aromatic rings. The smallest absolute Gasteiger partial charge is 0.335 e. The zero-order valence-electron chi connectivity index (χ0n) is 23.0. The van der Waals surface area contributed by atoms with Crippen molar-refractivity contribution in [1.82, 2.24) is 25.1 Å². The summed E-state index contributed by atoms with van der Waals surface area (Å²) in [5, 5.41) is 23.7. The summed E-state index contributed by atoms with van der Waals surface area (Å²) in [6.07, 6.45) is 4.92. The topological polar surface area (TPSA) is 149 Å². The predicted octanol–water partition coefficient (Wildman–Crippen LogP) is 3.82. The van der Waals surface area contributed by atoms with Crippen LogP contribution in [0.4, 0.5) is 5.69 Å². The highest BCUT2D eigenvalue weighted by Gasteiger charge is 2.35. The molecule has 3 aromatic carbocycles. The van der Waals surface area contributed by atoms with Crippen molar-refractivity contribution < 1.29 is 29.0 Å². The van der Waals surface area contributed by atoms with Gasteiger partial charge in [0, 0.05) is 36.0 Å². The minimum Gasteiger partial charge on any atom is -0.491 e. The second kappa shape index (κ2) is 13.3. The number of nitrogens with one attached hydrogen (secondary N) is 1. The molecule has 0 saturated carbocycles. The summed E-state index contributed by atoms with van der Waals surface area (Å²) in [7, 11) is 1.59. The number of ether oxygens (including phenoxy) is 2. The van der Waals surface area contributed by atoms with Gasteiger partial charge in [0.1, 0.15) is 24.7 Å². The maximum Gasteiger partial charge on any atom is 0.335 e. The number of methoxy groups -OCH3 is 1. The van der Waals surface area contributed by atoms with Crippen molar-refractivity contribution in [2.75, 3.05) is 32.2 Å². The van der Waals surface area contributed by atoms with Gasteiger partial charge in [-0.15, -0.1) is 5.10 Å². The average molecular weight is 603 g/mol. The Labute approximate surface area is 251 Å². The minimum atomic E-state index is -1.07. The predicted molar refractivity (Wildman–Crippen MR) is 157 cm³/mol. The van der Waals surface area contributed by atoms with E-state index in [2.05, 4.69) is 20.8 Å². The summed E-state index contributed by atoms with van der Waals surface area (Å²) in [5.74, 6) is -1.28. The molecular formula is C30H27ClN6O6. The number of carboxylic acids is 1. The Hall–Kier alpha value is -5.07. The number of anilines is 1. The SMILES string of the molecule is COCCOc1ccc2c(c1)CCN(C(=O)C=Cc1cc(Cl)ccc1-n1cnnn1)C2C(=O)Nc1ccc(C(=O)O)cc1. The lowest BCUT2D eigenvalue weighted by molar-refractivity contribution is -0.135. The van der Waals surface area contributed by atoms with E-state index in [1.807, 2.05) is 6.07 Å². The number of amides is 2. The van der Waals surface area contributed by atoms with E-state index in [1.165, 1.54) is 46.3 Å². The minimum absolute atomic E-state index is 0.0889. The van der Waals surface area contributed by atoms with Gasteiger partial charge in [0.15, 0.2) is 0 Å². The normalized spacial score (nSPS) is 14.4. The van der Waals surface area contributed by atoms with Crippen LogP contribution in [0.5, 0.6) is 5.75 Å². The Morgan fingerprint density at radius 2 is 1.91 bits per heavy atom. The van der Waals surface area contributed by atoms with Crippen LogP contribution in [0, 0.1) is 0 Å². The van der Waals surface area contributed by atoms with Crippen molar-refractivity contribution in [3.05, 3.63) is 100 Å². The number of nitrogens with zero attached hydrogens (tertiary/aromatic N) is 5. The number of hydrogen-bond acceptors (Lipinski definition) is 8. The van der Waals surface area contributed by atoms with Gasteiger partial charge in [-0.2, -0.15) is 4.68 Å². The van der Waals surface area contributed by atoms with Crippen molar-refractivity contribution in [2.24, 2.45) is 0 Å². The highest BCUT2D eigenvalue weighted by atomic mass is 35.5. The van der Waals surface area contributed by atoms with Gasteiger partial charge >= 0.3 is 5.97 Å². The van der Waals surface area contributed by atoms with E-state index in [0.29, 0.717) is 52.9 Å². The highest BCUT2D eigenvalue weighted by Crippen LogP contribution is 2.34. The van der Waals surface area contributed by atoms with Gasteiger partial charge in [-0.3, -0.25) is 9.59 Å². The van der Waals surface area contributed by atoms with E-state index >= 15 is 0 Å². The first-order valence-corrected chi connectivity index (χ1v) is 13.6. The monoisotopic (exact) mass is 602 g/mol. The second-order valence-electron chi connectivity index (χ2n) is 9.55. The summed E-state index contributed by atoms with van der Waals surface area (Å²) in [6.45, 7) is 1.07. The Balaban J connectivity index is 1.44. The van der Waals surface area contributed by atoms with E-state index < -0.39 is 23.8 Å². The lowest BCUT2D eigenvalue weighted by Crippen LogP contribution is -2.44. The fraction of sp³-hybridized carbons (Fsp3) is 0.200. The molecule has 1 atom stereocenters. The van der Waals surface area contributed by atoms with Crippen molar-refractivity contribution in [3.63, 3.8) is 0 Å². The Morgan fingerprint density at radius 1 is 1.09 bits per heavy atom. The highest BCUT2D eigenvalue weighted by molar-refractivity contribution is 6.30. The van der Waals surface area contributed by atoms with E-state index in [1.54, 1.807) is 43.5 Å². The quantitative estimate of drug-likeness (QED) is 0.204. The number of hydrogen-bond donors (Lipinski definition) is 2. The molecule has 0 bridgehead atoms. The number of tetrazole rings is 1. The number of rotatable bonds is 10. The van der Waals surface area contributed by atoms with Crippen molar-refractivity contribution in [1.29, 1.82) is 0 Å². The van der Waals surface area contributed by atoms with Crippen LogP contribution in [0.2, 0.25) is 5.02 Å². The van der Waals surface area contributed by atoms with Gasteiger partial charge in [0.05, 0.1) is 17.9 Å². The lowest BCUT2D eigenvalue weighted by atomic mass is 9.91. The molecule has 5 rings (SSSR count). The molecule has 12 nitrogen and oxygen atoms in total. The average Bonchev–Trinajstić information content (AvgIpc) is 3.54. The van der Waals surface area contributed by atoms with Crippen LogP contribution >= 0.6 is 11.6 Å². The molecule has 2 amide bonds. The Bertz CT molecular complexity index is 1660. The fourth-order valence-electron chi connectivity index (χ4n) is 4.76. The molecule has 0 fully saturated rings. The molecule has 0 saturated heterocycles. The fourth-order valence-corrected chi connectivity index (χ4v) is 4.94. The first-order valence-electron chi connectivity index (χ1n) is 13.2. The molecule has 2 N–H and O–H groups in total. The van der Waals surface area contributed by atoms with E-state index in [-0.39, 0.29) is 12.1 Å². The van der Waals surface area contributed by atoms with Crippen LogP contribution in [0.3, 0.4) is 0 Å². The Morgan fingerprint density at radius 3 is 2.63 bits per heavy atom. The largest absolute Gasteiger partial charge is 0.491 e. The van der Waals surface area contributed by atoms with Gasteiger partial charge in [0.2, 0.25) is 5.91 Å². The molecule has 1 aliphatic heterocycles. The molecule has 13 heteroatoms. The number of carbonyl (C=O) groups excluding carboxylic acids is 2. The first kappa shape index (κ1) is 29.4. The number of halogens is 1. The third kappa shape index (κ3) is 6.88. The van der Waals surface area contributed by atoms with E-state index in [4.69, 9.17) is 21.1 Å². The van der Waals surface area contributed by atoms with Crippen LogP contribution in [0.1, 0.15) is 33.1 Å². The lowest BCUT2D eigenvalue weighted by Gasteiger charge is -2.36. The number of carboxylic acid groups (broad SMARTS) is 1. The summed E-state index contributed by atoms with van der Waals surface area (Å²) in [5.41, 5.74) is 3.23. The first-order chi connectivity index (χ1) is 20.8. The second-order valence-corrected chi connectivity index (χ2v) is 9.99. The van der Waals surface area contributed by atoms with Gasteiger partial charge in [-0.05, 0) is 88.6 Å². The third-order valence-corrected chi connectivity index (χ3v) is 7.06. The number of carbonyl (C=O) groups is 3. The molecule has 1 aliphatic rings. The number of benzene rings is 3. The molecule has 2 heterocycles. The van der Waals surface area contributed by atoms with Crippen LogP contribution in [-0.4, -0.2) is 74.9 Å². The van der Waals surface area contributed by atoms with E-state index in [0.717, 1.165) is 5.56 Å². The standard InChI is InChI=1S/C30H27ClN6O6/c1-42-14-15-43-24-8-9-25-20(17-24)12-13-36(28(25)29(39)33-23-6-2-19(3-7-23)30(40)41)27(38)11-4-21-16-22(31)5-10-26(21)37-18-32-34-35-37/h2-11,16-18,28H,12-15H2,1H3,(H,33,39)(H,40,41). The van der Waals surface area contributed by atoms with Crippen molar-refractivity contribution >= 4 is 41.1 Å². The van der Waals surface area contributed by atoms with Crippen molar-refractivity contribution in [2.45, 2.75) is 12.5 Å². The molecule has 43 heavy (non-hydrogen) atoms. The summed E-state index contributed by atoms with van der Waals surface area (Å²) < 4.78 is 12.3. The van der Waals surface area contributed by atoms with Crippen LogP contribution in [0.25, 0.3) is 11.8 Å². The molecule has 1 unspecified atom stereocenters. The van der Waals surface area contributed by atoms with Crippen LogP contribution in [0.15, 0.2) is 73.1 Å². The van der Waals surface area contributed by atoms with Crippen LogP contribution in [-0.2, 0) is 20.7 Å². The molecule has 220 valence electrons. The zero-order chi connectivity index (χ0) is 30.3. The summed E-state index contributed by atoms with van der Waals surface area (Å²) >= 11 is 6.23. The molecule has 0 spiro atoms. The molecule has 1 aromatic heterocycles. The van der Waals surface area contributed by atoms with Gasteiger partial charge < -0.3 is 24.8 Å². The number of aromatic nitrogens is 4. The third-order valence-electron chi connectivity index (χ3n) is 6.82. The van der Waals surface area contributed by atoms with Gasteiger partial charge in [0.25, 0.3) is 5.91 Å². The van der Waals surface area contributed by atoms with E-state index in [9.17, 15) is 19.5 Å². The summed E-state index contributed by atoms with van der Waals surface area (Å²) in [6, 6.07) is 15.4. The number of fused-ring (bicyclic) bond motifs is 1. The maximum absolute atomic E-state index is 13.8.